The van der Waals surface area contributed by atoms with Gasteiger partial charge in [0, 0.05) is 13.1 Å². The SMILES string of the molecule is CC1(C(=O)O)CCCN1CC(=O)N1CCC1. The summed E-state index contributed by atoms with van der Waals surface area (Å²) in [7, 11) is 0. The highest BCUT2D eigenvalue weighted by Gasteiger charge is 2.44. The van der Waals surface area contributed by atoms with Gasteiger partial charge in [-0.15, -0.1) is 0 Å². The van der Waals surface area contributed by atoms with Gasteiger partial charge in [-0.3, -0.25) is 14.5 Å². The van der Waals surface area contributed by atoms with Crippen molar-refractivity contribution in [2.24, 2.45) is 0 Å². The molecule has 2 aliphatic heterocycles. The second-order valence-electron chi connectivity index (χ2n) is 4.84. The monoisotopic (exact) mass is 226 g/mol. The van der Waals surface area contributed by atoms with Gasteiger partial charge in [0.25, 0.3) is 0 Å². The van der Waals surface area contributed by atoms with Crippen molar-refractivity contribution >= 4 is 11.9 Å². The van der Waals surface area contributed by atoms with Crippen molar-refractivity contribution in [2.45, 2.75) is 31.7 Å². The van der Waals surface area contributed by atoms with Crippen molar-refractivity contribution in [2.75, 3.05) is 26.2 Å². The van der Waals surface area contributed by atoms with Crippen LogP contribution in [-0.4, -0.2) is 58.5 Å². The molecule has 2 fully saturated rings. The van der Waals surface area contributed by atoms with Crippen molar-refractivity contribution in [1.29, 1.82) is 0 Å². The lowest BCUT2D eigenvalue weighted by Gasteiger charge is -2.36. The Morgan fingerprint density at radius 1 is 1.25 bits per heavy atom. The fourth-order valence-electron chi connectivity index (χ4n) is 2.34. The molecule has 0 aromatic heterocycles. The lowest BCUT2D eigenvalue weighted by atomic mass is 9.99. The Hall–Kier alpha value is -1.10. The molecule has 0 saturated carbocycles. The molecule has 5 nitrogen and oxygen atoms in total. The van der Waals surface area contributed by atoms with E-state index in [9.17, 15) is 14.7 Å². The summed E-state index contributed by atoms with van der Waals surface area (Å²) < 4.78 is 0. The third-order valence-corrected chi connectivity index (χ3v) is 3.79. The molecule has 1 amide bonds. The van der Waals surface area contributed by atoms with Crippen LogP contribution >= 0.6 is 0 Å². The number of rotatable bonds is 3. The Morgan fingerprint density at radius 2 is 1.94 bits per heavy atom. The van der Waals surface area contributed by atoms with Gasteiger partial charge >= 0.3 is 5.97 Å². The van der Waals surface area contributed by atoms with Gasteiger partial charge < -0.3 is 10.0 Å². The van der Waals surface area contributed by atoms with Crippen LogP contribution in [0.1, 0.15) is 26.2 Å². The van der Waals surface area contributed by atoms with Gasteiger partial charge in [-0.25, -0.2) is 0 Å². The molecule has 2 rings (SSSR count). The third-order valence-electron chi connectivity index (χ3n) is 3.79. The first kappa shape index (κ1) is 11.4. The van der Waals surface area contributed by atoms with Crippen LogP contribution in [0.3, 0.4) is 0 Å². The van der Waals surface area contributed by atoms with Crippen molar-refractivity contribution in [3.05, 3.63) is 0 Å². The minimum absolute atomic E-state index is 0.0700. The van der Waals surface area contributed by atoms with Gasteiger partial charge in [0.2, 0.25) is 5.91 Å². The van der Waals surface area contributed by atoms with Crippen molar-refractivity contribution in [1.82, 2.24) is 9.80 Å². The molecular formula is C11H18N2O3. The van der Waals surface area contributed by atoms with E-state index in [2.05, 4.69) is 0 Å². The molecule has 0 aromatic rings. The first-order valence-corrected chi connectivity index (χ1v) is 5.80. The van der Waals surface area contributed by atoms with E-state index < -0.39 is 11.5 Å². The van der Waals surface area contributed by atoms with Crippen LogP contribution in [0.25, 0.3) is 0 Å². The summed E-state index contributed by atoms with van der Waals surface area (Å²) >= 11 is 0. The lowest BCUT2D eigenvalue weighted by Crippen LogP contribution is -2.54. The fourth-order valence-corrected chi connectivity index (χ4v) is 2.34. The molecule has 2 heterocycles. The zero-order valence-electron chi connectivity index (χ0n) is 9.61. The van der Waals surface area contributed by atoms with E-state index in [1.54, 1.807) is 16.7 Å². The number of likely N-dealkylation sites (tertiary alicyclic amines) is 2. The van der Waals surface area contributed by atoms with Crippen LogP contribution in [0.15, 0.2) is 0 Å². The zero-order chi connectivity index (χ0) is 11.8. The maximum absolute atomic E-state index is 11.8. The van der Waals surface area contributed by atoms with Gasteiger partial charge in [-0.2, -0.15) is 0 Å². The summed E-state index contributed by atoms with van der Waals surface area (Å²) in [6, 6.07) is 0. The maximum atomic E-state index is 11.8. The van der Waals surface area contributed by atoms with Crippen LogP contribution in [0.5, 0.6) is 0 Å². The molecule has 0 aliphatic carbocycles. The number of hydrogen-bond acceptors (Lipinski definition) is 3. The summed E-state index contributed by atoms with van der Waals surface area (Å²) in [6.07, 6.45) is 2.56. The van der Waals surface area contributed by atoms with E-state index in [4.69, 9.17) is 0 Å². The minimum atomic E-state index is -0.847. The molecule has 2 aliphatic rings. The molecule has 0 radical (unpaired) electrons. The summed E-state index contributed by atoms with van der Waals surface area (Å²) in [6.45, 7) is 4.34. The summed E-state index contributed by atoms with van der Waals surface area (Å²) in [5.74, 6) is -0.748. The molecule has 16 heavy (non-hydrogen) atoms. The minimum Gasteiger partial charge on any atom is -0.480 e. The van der Waals surface area contributed by atoms with Crippen LogP contribution in [0, 0.1) is 0 Å². The number of carbonyl (C=O) groups excluding carboxylic acids is 1. The molecule has 1 N–H and O–H groups in total. The molecule has 1 atom stereocenters. The molecule has 5 heteroatoms. The molecule has 1 unspecified atom stereocenters. The molecule has 2 saturated heterocycles. The van der Waals surface area contributed by atoms with Crippen molar-refractivity contribution in [3.63, 3.8) is 0 Å². The molecule has 90 valence electrons. The Bertz CT molecular complexity index is 314. The highest BCUT2D eigenvalue weighted by molar-refractivity contribution is 5.82. The second kappa shape index (κ2) is 4.05. The van der Waals surface area contributed by atoms with Gasteiger partial charge in [-0.1, -0.05) is 0 Å². The molecule has 0 spiro atoms. The quantitative estimate of drug-likeness (QED) is 0.744. The second-order valence-corrected chi connectivity index (χ2v) is 4.84. The van der Waals surface area contributed by atoms with Gasteiger partial charge in [0.1, 0.15) is 5.54 Å². The highest BCUT2D eigenvalue weighted by atomic mass is 16.4. The molecular weight excluding hydrogens is 208 g/mol. The smallest absolute Gasteiger partial charge is 0.323 e. The number of carboxylic acid groups (broad SMARTS) is 1. The largest absolute Gasteiger partial charge is 0.480 e. The van der Waals surface area contributed by atoms with Crippen LogP contribution < -0.4 is 0 Å². The van der Waals surface area contributed by atoms with E-state index in [1.807, 2.05) is 0 Å². The first-order valence-electron chi connectivity index (χ1n) is 5.80. The average molecular weight is 226 g/mol. The summed E-state index contributed by atoms with van der Waals surface area (Å²) in [5, 5.41) is 9.20. The Labute approximate surface area is 95.0 Å². The predicted octanol–water partition coefficient (Wildman–Crippen LogP) is 0.158. The molecule has 0 bridgehead atoms. The maximum Gasteiger partial charge on any atom is 0.323 e. The standard InChI is InChI=1S/C11H18N2O3/c1-11(10(15)16)4-2-7-13(11)8-9(14)12-5-3-6-12/h2-8H2,1H3,(H,15,16). The number of hydrogen-bond donors (Lipinski definition) is 1. The normalized spacial score (nSPS) is 30.2. The Morgan fingerprint density at radius 3 is 2.44 bits per heavy atom. The fraction of sp³-hybridized carbons (Fsp3) is 0.818. The van der Waals surface area contributed by atoms with Crippen molar-refractivity contribution in [3.8, 4) is 0 Å². The first-order chi connectivity index (χ1) is 7.54. The third kappa shape index (κ3) is 1.80. The van der Waals surface area contributed by atoms with Gasteiger partial charge in [0.05, 0.1) is 6.54 Å². The van der Waals surface area contributed by atoms with Crippen LogP contribution in [0.4, 0.5) is 0 Å². The number of nitrogens with zero attached hydrogens (tertiary/aromatic N) is 2. The van der Waals surface area contributed by atoms with E-state index in [1.165, 1.54) is 0 Å². The van der Waals surface area contributed by atoms with E-state index in [0.717, 1.165) is 25.9 Å². The number of amides is 1. The molecule has 0 aromatic carbocycles. The Balaban J connectivity index is 1.98. The lowest BCUT2D eigenvalue weighted by molar-refractivity contribution is -0.150. The van der Waals surface area contributed by atoms with E-state index in [-0.39, 0.29) is 12.5 Å². The van der Waals surface area contributed by atoms with E-state index in [0.29, 0.717) is 13.0 Å². The topological polar surface area (TPSA) is 60.9 Å². The van der Waals surface area contributed by atoms with Crippen LogP contribution in [-0.2, 0) is 9.59 Å². The van der Waals surface area contributed by atoms with Gasteiger partial charge in [-0.05, 0) is 32.7 Å². The van der Waals surface area contributed by atoms with Crippen LogP contribution in [0.2, 0.25) is 0 Å². The predicted molar refractivity (Wildman–Crippen MR) is 58.0 cm³/mol. The Kier molecular flexibility index (Phi) is 2.88. The van der Waals surface area contributed by atoms with Gasteiger partial charge in [0.15, 0.2) is 0 Å². The van der Waals surface area contributed by atoms with E-state index >= 15 is 0 Å². The number of carboxylic acids is 1. The summed E-state index contributed by atoms with van der Waals surface area (Å²) in [4.78, 5) is 26.6. The number of aliphatic carboxylic acids is 1. The number of carbonyl (C=O) groups is 2. The average Bonchev–Trinajstić information content (AvgIpc) is 2.46. The highest BCUT2D eigenvalue weighted by Crippen LogP contribution is 2.29. The van der Waals surface area contributed by atoms with Crippen molar-refractivity contribution < 1.29 is 14.7 Å². The zero-order valence-corrected chi connectivity index (χ0v) is 9.61. The summed E-state index contributed by atoms with van der Waals surface area (Å²) in [5.41, 5.74) is -0.847.